The van der Waals surface area contributed by atoms with E-state index in [-0.39, 0.29) is 31.6 Å². The lowest BCUT2D eigenvalue weighted by atomic mass is 10.1. The zero-order valence-electron chi connectivity index (χ0n) is 36.1. The summed E-state index contributed by atoms with van der Waals surface area (Å²) in [6.45, 7) is 6.32. The Kier molecular flexibility index (Phi) is 41.6. The van der Waals surface area contributed by atoms with Crippen LogP contribution in [0.4, 0.5) is 0 Å². The van der Waals surface area contributed by atoms with Crippen LogP contribution in [0.25, 0.3) is 0 Å². The molecule has 1 unspecified atom stereocenters. The highest BCUT2D eigenvalue weighted by atomic mass is 16.6. The van der Waals surface area contributed by atoms with Crippen molar-refractivity contribution in [3.8, 4) is 0 Å². The van der Waals surface area contributed by atoms with Crippen LogP contribution in [0.5, 0.6) is 0 Å². The van der Waals surface area contributed by atoms with Gasteiger partial charge >= 0.3 is 17.9 Å². The maximum Gasteiger partial charge on any atom is 0.306 e. The Bertz CT molecular complexity index is 1120. The minimum absolute atomic E-state index is 0.115. The van der Waals surface area contributed by atoms with Crippen molar-refractivity contribution >= 4 is 17.9 Å². The largest absolute Gasteiger partial charge is 0.462 e. The van der Waals surface area contributed by atoms with Crippen LogP contribution in [0.15, 0.2) is 85.1 Å². The number of esters is 3. The molecule has 56 heavy (non-hydrogen) atoms. The van der Waals surface area contributed by atoms with Crippen LogP contribution >= 0.6 is 0 Å². The Balaban J connectivity index is 4.51. The molecule has 6 nitrogen and oxygen atoms in total. The van der Waals surface area contributed by atoms with Gasteiger partial charge in [-0.3, -0.25) is 14.4 Å². The van der Waals surface area contributed by atoms with Crippen LogP contribution in [0.1, 0.15) is 194 Å². The average molecular weight is 779 g/mol. The summed E-state index contributed by atoms with van der Waals surface area (Å²) in [7, 11) is 0. The highest BCUT2D eigenvalue weighted by molar-refractivity contribution is 5.71. The van der Waals surface area contributed by atoms with E-state index >= 15 is 0 Å². The summed E-state index contributed by atoms with van der Waals surface area (Å²) in [5.41, 5.74) is 0. The third kappa shape index (κ3) is 41.7. The van der Waals surface area contributed by atoms with Crippen LogP contribution in [0.3, 0.4) is 0 Å². The molecule has 0 N–H and O–H groups in total. The van der Waals surface area contributed by atoms with Crippen molar-refractivity contribution < 1.29 is 28.6 Å². The number of hydrogen-bond donors (Lipinski definition) is 0. The smallest absolute Gasteiger partial charge is 0.306 e. The Hall–Kier alpha value is -3.41. The number of rotatable bonds is 39. The van der Waals surface area contributed by atoms with Crippen molar-refractivity contribution in [2.24, 2.45) is 0 Å². The molecule has 0 spiro atoms. The van der Waals surface area contributed by atoms with E-state index in [1.165, 1.54) is 38.5 Å². The predicted molar refractivity (Wildman–Crippen MR) is 237 cm³/mol. The second-order valence-corrected chi connectivity index (χ2v) is 14.6. The summed E-state index contributed by atoms with van der Waals surface area (Å²) in [6.07, 6.45) is 55.8. The fraction of sp³-hybridized carbons (Fsp3) is 0.660. The minimum atomic E-state index is -0.821. The quantitative estimate of drug-likeness (QED) is 0.0268. The molecule has 0 saturated carbocycles. The molecular weight excluding hydrogens is 697 g/mol. The molecule has 0 heterocycles. The highest BCUT2D eigenvalue weighted by Gasteiger charge is 2.19. The van der Waals surface area contributed by atoms with Gasteiger partial charge in [0.2, 0.25) is 0 Å². The maximum atomic E-state index is 12.7. The number of ether oxygens (including phenoxy) is 3. The SMILES string of the molecule is CC/C=C\C/C=C\C/C=C\C/C=C\CCC(=O)OC(COC(=O)CCCCCCC/C=C\C/C=C\CCCCC)COC(=O)CCCCCCC/C=C\CCC. The van der Waals surface area contributed by atoms with Crippen molar-refractivity contribution in [2.45, 2.75) is 200 Å². The van der Waals surface area contributed by atoms with Gasteiger partial charge in [0.15, 0.2) is 6.10 Å². The molecule has 0 aromatic carbocycles. The maximum absolute atomic E-state index is 12.7. The van der Waals surface area contributed by atoms with E-state index in [9.17, 15) is 14.4 Å². The van der Waals surface area contributed by atoms with E-state index in [1.54, 1.807) is 0 Å². The second-order valence-electron chi connectivity index (χ2n) is 14.6. The minimum Gasteiger partial charge on any atom is -0.462 e. The first-order chi connectivity index (χ1) is 27.5. The molecule has 0 rings (SSSR count). The van der Waals surface area contributed by atoms with Gasteiger partial charge in [-0.2, -0.15) is 0 Å². The normalized spacial score (nSPS) is 12.8. The van der Waals surface area contributed by atoms with Gasteiger partial charge in [0.05, 0.1) is 0 Å². The summed E-state index contributed by atoms with van der Waals surface area (Å²) >= 11 is 0. The van der Waals surface area contributed by atoms with Gasteiger partial charge in [-0.05, 0) is 96.3 Å². The van der Waals surface area contributed by atoms with E-state index < -0.39 is 12.1 Å². The first-order valence-electron chi connectivity index (χ1n) is 22.6. The molecule has 318 valence electrons. The lowest BCUT2D eigenvalue weighted by Gasteiger charge is -2.18. The van der Waals surface area contributed by atoms with Gasteiger partial charge in [-0.25, -0.2) is 0 Å². The van der Waals surface area contributed by atoms with Crippen molar-refractivity contribution in [2.75, 3.05) is 13.2 Å². The summed E-state index contributed by atoms with van der Waals surface area (Å²) < 4.78 is 16.6. The molecule has 0 bridgehead atoms. The van der Waals surface area contributed by atoms with E-state index in [0.29, 0.717) is 19.3 Å². The molecule has 0 aliphatic rings. The fourth-order valence-electron chi connectivity index (χ4n) is 5.72. The van der Waals surface area contributed by atoms with Crippen molar-refractivity contribution in [3.05, 3.63) is 85.1 Å². The van der Waals surface area contributed by atoms with Crippen LogP contribution < -0.4 is 0 Å². The molecule has 0 amide bonds. The second kappa shape index (κ2) is 44.3. The van der Waals surface area contributed by atoms with E-state index in [4.69, 9.17) is 14.2 Å². The first-order valence-corrected chi connectivity index (χ1v) is 22.6. The molecule has 1 atom stereocenters. The van der Waals surface area contributed by atoms with Crippen LogP contribution in [0.2, 0.25) is 0 Å². The molecule has 0 aromatic rings. The number of allylic oxidation sites excluding steroid dienone is 14. The van der Waals surface area contributed by atoms with E-state index in [2.05, 4.69) is 93.7 Å². The molecule has 0 radical (unpaired) electrons. The lowest BCUT2D eigenvalue weighted by molar-refractivity contribution is -0.166. The van der Waals surface area contributed by atoms with Crippen LogP contribution in [-0.4, -0.2) is 37.2 Å². The summed E-state index contributed by atoms with van der Waals surface area (Å²) in [4.78, 5) is 37.7. The molecular formula is C50H82O6. The lowest BCUT2D eigenvalue weighted by Crippen LogP contribution is -2.30. The third-order valence-electron chi connectivity index (χ3n) is 9.10. The fourth-order valence-corrected chi connectivity index (χ4v) is 5.72. The van der Waals surface area contributed by atoms with Crippen molar-refractivity contribution in [3.63, 3.8) is 0 Å². The molecule has 6 heteroatoms. The Morgan fingerprint density at radius 3 is 1.25 bits per heavy atom. The topological polar surface area (TPSA) is 78.9 Å². The number of carbonyl (C=O) groups excluding carboxylic acids is 3. The zero-order chi connectivity index (χ0) is 40.8. The molecule has 0 aromatic heterocycles. The number of carbonyl (C=O) groups is 3. The van der Waals surface area contributed by atoms with Gasteiger partial charge in [0.1, 0.15) is 13.2 Å². The standard InChI is InChI=1S/C50H82O6/c1-4-7-10-13-16-19-22-24-25-27-28-31-34-37-40-43-49(52)55-46-47(45-54-48(51)42-39-36-33-30-21-18-15-12-9-6-3)56-50(53)44-41-38-35-32-29-26-23-20-17-14-11-8-5-2/h8,11-12,15-17,19-20,24-26,29,35,38,47H,4-7,9-10,13-14,18,21-23,27-28,30-34,36-37,39-46H2,1-3H3/b11-8-,15-12-,19-16-,20-17-,25-24-,29-26-,38-35-. The van der Waals surface area contributed by atoms with E-state index in [0.717, 1.165) is 109 Å². The van der Waals surface area contributed by atoms with Crippen LogP contribution in [-0.2, 0) is 28.6 Å². The Morgan fingerprint density at radius 2 is 0.768 bits per heavy atom. The van der Waals surface area contributed by atoms with Gasteiger partial charge in [-0.1, -0.05) is 164 Å². The zero-order valence-corrected chi connectivity index (χ0v) is 36.1. The number of hydrogen-bond acceptors (Lipinski definition) is 6. The van der Waals surface area contributed by atoms with Crippen molar-refractivity contribution in [1.29, 1.82) is 0 Å². The Labute approximate surface area is 344 Å². The van der Waals surface area contributed by atoms with Gasteiger partial charge in [-0.15, -0.1) is 0 Å². The number of unbranched alkanes of at least 4 members (excludes halogenated alkanes) is 14. The summed E-state index contributed by atoms with van der Waals surface area (Å²) in [6, 6.07) is 0. The first kappa shape index (κ1) is 52.6. The molecule has 0 aliphatic carbocycles. The molecule has 0 saturated heterocycles. The Morgan fingerprint density at radius 1 is 0.375 bits per heavy atom. The van der Waals surface area contributed by atoms with Gasteiger partial charge < -0.3 is 14.2 Å². The predicted octanol–water partition coefficient (Wildman–Crippen LogP) is 14.5. The summed E-state index contributed by atoms with van der Waals surface area (Å²) in [5, 5.41) is 0. The monoisotopic (exact) mass is 779 g/mol. The highest BCUT2D eigenvalue weighted by Crippen LogP contribution is 2.12. The van der Waals surface area contributed by atoms with Gasteiger partial charge in [0, 0.05) is 19.3 Å². The average Bonchev–Trinajstić information content (AvgIpc) is 3.19. The third-order valence-corrected chi connectivity index (χ3v) is 9.10. The van der Waals surface area contributed by atoms with Gasteiger partial charge in [0.25, 0.3) is 0 Å². The summed E-state index contributed by atoms with van der Waals surface area (Å²) in [5.74, 6) is -1.03. The van der Waals surface area contributed by atoms with Crippen molar-refractivity contribution in [1.82, 2.24) is 0 Å². The molecule has 0 fully saturated rings. The van der Waals surface area contributed by atoms with E-state index in [1.807, 2.05) is 12.2 Å². The van der Waals surface area contributed by atoms with Crippen LogP contribution in [0, 0.1) is 0 Å². The molecule has 0 aliphatic heterocycles.